The smallest absolute Gasteiger partial charge is 0.407 e. The van der Waals surface area contributed by atoms with E-state index in [0.717, 1.165) is 5.56 Å². The van der Waals surface area contributed by atoms with Gasteiger partial charge in [-0.25, -0.2) is 4.79 Å². The molecule has 0 saturated carbocycles. The molecule has 1 heterocycles. The van der Waals surface area contributed by atoms with Crippen LogP contribution in [0.15, 0.2) is 30.3 Å². The van der Waals surface area contributed by atoms with Gasteiger partial charge in [0.2, 0.25) is 0 Å². The number of rotatable bonds is 2. The van der Waals surface area contributed by atoms with Crippen molar-refractivity contribution in [3.8, 4) is 0 Å². The van der Waals surface area contributed by atoms with E-state index in [4.69, 9.17) is 16.3 Å². The molecule has 0 bridgehead atoms. The van der Waals surface area contributed by atoms with E-state index in [9.17, 15) is 4.79 Å². The van der Waals surface area contributed by atoms with Crippen molar-refractivity contribution in [2.24, 2.45) is 0 Å². The first-order valence-corrected chi connectivity index (χ1v) is 4.83. The first-order valence-electron chi connectivity index (χ1n) is 4.39. The molecule has 1 N–H and O–H groups in total. The van der Waals surface area contributed by atoms with Gasteiger partial charge in [0.05, 0.1) is 11.4 Å². The molecule has 74 valence electrons. The molecule has 0 radical (unpaired) electrons. The molecule has 1 aliphatic heterocycles. The lowest BCUT2D eigenvalue weighted by atomic mass is 10.1. The molecule has 2 atom stereocenters. The van der Waals surface area contributed by atoms with Gasteiger partial charge in [-0.15, -0.1) is 11.6 Å². The number of alkyl halides is 1. The van der Waals surface area contributed by atoms with Crippen molar-refractivity contribution in [2.45, 2.75) is 11.4 Å². The zero-order valence-electron chi connectivity index (χ0n) is 7.44. The summed E-state index contributed by atoms with van der Waals surface area (Å²) in [6, 6.07) is 9.50. The standard InChI is InChI=1S/C10H10ClNO2/c11-9(7-4-2-1-3-5-7)8-6-14-10(13)12-8/h1-5,8-9H,6H2,(H,12,13)/t8-,9+/m1/s1. The maximum atomic E-state index is 10.8. The molecule has 2 rings (SSSR count). The fourth-order valence-corrected chi connectivity index (χ4v) is 1.71. The predicted molar refractivity (Wildman–Crippen MR) is 53.3 cm³/mol. The van der Waals surface area contributed by atoms with Gasteiger partial charge in [-0.2, -0.15) is 0 Å². The zero-order chi connectivity index (χ0) is 9.97. The normalized spacial score (nSPS) is 22.6. The van der Waals surface area contributed by atoms with Gasteiger partial charge >= 0.3 is 6.09 Å². The Bertz CT molecular complexity index is 328. The molecule has 1 fully saturated rings. The molecular weight excluding hydrogens is 202 g/mol. The Morgan fingerprint density at radius 1 is 1.43 bits per heavy atom. The second-order valence-electron chi connectivity index (χ2n) is 3.16. The van der Waals surface area contributed by atoms with Crippen molar-refractivity contribution in [3.63, 3.8) is 0 Å². The van der Waals surface area contributed by atoms with E-state index in [0.29, 0.717) is 6.61 Å². The molecule has 1 aromatic rings. The van der Waals surface area contributed by atoms with Gasteiger partial charge in [0.25, 0.3) is 0 Å². The number of amides is 1. The monoisotopic (exact) mass is 211 g/mol. The first-order chi connectivity index (χ1) is 6.77. The van der Waals surface area contributed by atoms with Gasteiger partial charge < -0.3 is 10.1 Å². The Labute approximate surface area is 87.0 Å². The van der Waals surface area contributed by atoms with Crippen LogP contribution in [0.2, 0.25) is 0 Å². The van der Waals surface area contributed by atoms with E-state index in [-0.39, 0.29) is 11.4 Å². The quantitative estimate of drug-likeness (QED) is 0.761. The molecule has 0 aromatic heterocycles. The molecule has 0 aliphatic carbocycles. The fraction of sp³-hybridized carbons (Fsp3) is 0.300. The van der Waals surface area contributed by atoms with Crippen molar-refractivity contribution >= 4 is 17.7 Å². The molecule has 1 aromatic carbocycles. The number of cyclic esters (lactones) is 1. The van der Waals surface area contributed by atoms with Crippen LogP contribution < -0.4 is 5.32 Å². The third kappa shape index (κ3) is 1.82. The summed E-state index contributed by atoms with van der Waals surface area (Å²) in [6.45, 7) is 0.335. The number of halogens is 1. The number of alkyl carbamates (subject to hydrolysis) is 1. The summed E-state index contributed by atoms with van der Waals surface area (Å²) in [5.74, 6) is 0. The van der Waals surface area contributed by atoms with Crippen LogP contribution in [-0.2, 0) is 4.74 Å². The lowest BCUT2D eigenvalue weighted by Gasteiger charge is -2.14. The highest BCUT2D eigenvalue weighted by Gasteiger charge is 2.29. The Morgan fingerprint density at radius 3 is 2.71 bits per heavy atom. The minimum atomic E-state index is -0.392. The molecule has 1 amide bonds. The van der Waals surface area contributed by atoms with E-state index in [2.05, 4.69) is 5.32 Å². The summed E-state index contributed by atoms with van der Waals surface area (Å²) in [6.07, 6.45) is -0.392. The second kappa shape index (κ2) is 3.88. The van der Waals surface area contributed by atoms with Gasteiger partial charge in [-0.1, -0.05) is 30.3 Å². The lowest BCUT2D eigenvalue weighted by Crippen LogP contribution is -2.30. The summed E-state index contributed by atoms with van der Waals surface area (Å²) in [5, 5.41) is 2.43. The van der Waals surface area contributed by atoms with Gasteiger partial charge in [0.1, 0.15) is 6.61 Å². The fourth-order valence-electron chi connectivity index (χ4n) is 1.43. The number of carbonyl (C=O) groups excluding carboxylic acids is 1. The number of nitrogens with one attached hydrogen (secondary N) is 1. The van der Waals surface area contributed by atoms with Crippen LogP contribution in [0.3, 0.4) is 0 Å². The zero-order valence-corrected chi connectivity index (χ0v) is 8.20. The molecule has 0 spiro atoms. The number of carbonyl (C=O) groups is 1. The van der Waals surface area contributed by atoms with E-state index in [1.165, 1.54) is 0 Å². The van der Waals surface area contributed by atoms with Crippen LogP contribution in [-0.4, -0.2) is 18.7 Å². The summed E-state index contributed by atoms with van der Waals surface area (Å²) < 4.78 is 4.77. The third-order valence-electron chi connectivity index (χ3n) is 2.17. The Hall–Kier alpha value is -1.22. The van der Waals surface area contributed by atoms with Crippen LogP contribution >= 0.6 is 11.6 Å². The van der Waals surface area contributed by atoms with Crippen molar-refractivity contribution in [3.05, 3.63) is 35.9 Å². The maximum absolute atomic E-state index is 10.8. The number of hydrogen-bond donors (Lipinski definition) is 1. The average molecular weight is 212 g/mol. The molecular formula is C10H10ClNO2. The average Bonchev–Trinajstić information content (AvgIpc) is 2.65. The van der Waals surface area contributed by atoms with E-state index >= 15 is 0 Å². The minimum absolute atomic E-state index is 0.133. The van der Waals surface area contributed by atoms with Gasteiger partial charge in [-0.05, 0) is 5.56 Å². The maximum Gasteiger partial charge on any atom is 0.407 e. The van der Waals surface area contributed by atoms with Crippen LogP contribution in [0.4, 0.5) is 4.79 Å². The lowest BCUT2D eigenvalue weighted by molar-refractivity contribution is 0.176. The molecule has 3 nitrogen and oxygen atoms in total. The molecule has 14 heavy (non-hydrogen) atoms. The number of benzene rings is 1. The second-order valence-corrected chi connectivity index (χ2v) is 3.63. The van der Waals surface area contributed by atoms with Gasteiger partial charge in [0.15, 0.2) is 0 Å². The van der Waals surface area contributed by atoms with Crippen molar-refractivity contribution < 1.29 is 9.53 Å². The van der Waals surface area contributed by atoms with Crippen LogP contribution in [0.1, 0.15) is 10.9 Å². The van der Waals surface area contributed by atoms with Crippen molar-refractivity contribution in [1.82, 2.24) is 5.32 Å². The highest BCUT2D eigenvalue weighted by atomic mass is 35.5. The molecule has 0 unspecified atom stereocenters. The summed E-state index contributed by atoms with van der Waals surface area (Å²) in [4.78, 5) is 10.8. The first kappa shape index (κ1) is 9.34. The minimum Gasteiger partial charge on any atom is -0.447 e. The highest BCUT2D eigenvalue weighted by molar-refractivity contribution is 6.21. The molecule has 1 saturated heterocycles. The number of ether oxygens (including phenoxy) is 1. The van der Waals surface area contributed by atoms with E-state index in [1.807, 2.05) is 30.3 Å². The highest BCUT2D eigenvalue weighted by Crippen LogP contribution is 2.26. The summed E-state index contributed by atoms with van der Waals surface area (Å²) in [7, 11) is 0. The predicted octanol–water partition coefficient (Wildman–Crippen LogP) is 2.07. The van der Waals surface area contributed by atoms with Crippen LogP contribution in [0.25, 0.3) is 0 Å². The Balaban J connectivity index is 2.09. The van der Waals surface area contributed by atoms with Crippen molar-refractivity contribution in [2.75, 3.05) is 6.61 Å². The van der Waals surface area contributed by atoms with Crippen LogP contribution in [0, 0.1) is 0 Å². The number of hydrogen-bond acceptors (Lipinski definition) is 2. The van der Waals surface area contributed by atoms with Crippen molar-refractivity contribution in [1.29, 1.82) is 0 Å². The van der Waals surface area contributed by atoms with E-state index in [1.54, 1.807) is 0 Å². The Morgan fingerprint density at radius 2 is 2.14 bits per heavy atom. The van der Waals surface area contributed by atoms with Gasteiger partial charge in [-0.3, -0.25) is 0 Å². The van der Waals surface area contributed by atoms with Gasteiger partial charge in [0, 0.05) is 0 Å². The largest absolute Gasteiger partial charge is 0.447 e. The molecule has 4 heteroatoms. The Kier molecular flexibility index (Phi) is 2.59. The summed E-state index contributed by atoms with van der Waals surface area (Å²) >= 11 is 6.18. The van der Waals surface area contributed by atoms with Crippen LogP contribution in [0.5, 0.6) is 0 Å². The SMILES string of the molecule is O=C1N[C@@H]([C@@H](Cl)c2ccccc2)CO1. The molecule has 1 aliphatic rings. The topological polar surface area (TPSA) is 38.3 Å². The third-order valence-corrected chi connectivity index (χ3v) is 2.72. The van der Waals surface area contributed by atoms with E-state index < -0.39 is 6.09 Å². The summed E-state index contributed by atoms with van der Waals surface area (Å²) in [5.41, 5.74) is 0.991.